The number of carbonyl (C=O) groups excluding carboxylic acids is 2. The Labute approximate surface area is 353 Å². The van der Waals surface area contributed by atoms with Crippen LogP contribution in [0.25, 0.3) is 0 Å². The molecule has 0 aromatic heterocycles. The van der Waals surface area contributed by atoms with E-state index in [9.17, 15) is 29.3 Å². The van der Waals surface area contributed by atoms with Crippen molar-refractivity contribution in [2.75, 3.05) is 47.5 Å². The number of phosphoric acid groups is 1. The molecule has 12 heteroatoms. The Kier molecular flexibility index (Phi) is 31.6. The lowest BCUT2D eigenvalue weighted by atomic mass is 9.88. The number of quaternary nitrogens is 1. The monoisotopic (exact) mass is 842 g/mol. The van der Waals surface area contributed by atoms with E-state index in [0.29, 0.717) is 30.3 Å². The molecule has 0 bridgehead atoms. The number of allylic oxidation sites excluding steroid dienone is 3. The van der Waals surface area contributed by atoms with Crippen LogP contribution < -0.4 is 4.89 Å². The average molecular weight is 842 g/mol. The maximum Gasteiger partial charge on any atom is 0.305 e. The molecule has 0 amide bonds. The predicted molar refractivity (Wildman–Crippen MR) is 232 cm³/mol. The van der Waals surface area contributed by atoms with Gasteiger partial charge in [-0.25, -0.2) is 0 Å². The molecule has 1 rings (SSSR count). The van der Waals surface area contributed by atoms with Crippen LogP contribution in [0.2, 0.25) is 0 Å². The van der Waals surface area contributed by atoms with Gasteiger partial charge in [0.2, 0.25) is 0 Å². The van der Waals surface area contributed by atoms with Crippen molar-refractivity contribution in [2.24, 2.45) is 11.8 Å². The summed E-state index contributed by atoms with van der Waals surface area (Å²) in [4.78, 5) is 37.6. The van der Waals surface area contributed by atoms with Gasteiger partial charge < -0.3 is 38.1 Å². The highest BCUT2D eigenvalue weighted by Crippen LogP contribution is 2.38. The average Bonchev–Trinajstić information content (AvgIpc) is 3.44. The molecular weight excluding hydrogens is 757 g/mol. The van der Waals surface area contributed by atoms with Gasteiger partial charge in [0.15, 0.2) is 6.10 Å². The predicted octanol–water partition coefficient (Wildman–Crippen LogP) is 9.69. The number of rotatable bonds is 38. The molecule has 6 atom stereocenters. The second-order valence-corrected chi connectivity index (χ2v) is 18.7. The summed E-state index contributed by atoms with van der Waals surface area (Å²) < 4.78 is 34.3. The second kappa shape index (κ2) is 33.8. The third-order valence-corrected chi connectivity index (χ3v) is 11.6. The van der Waals surface area contributed by atoms with Crippen molar-refractivity contribution in [1.29, 1.82) is 0 Å². The van der Waals surface area contributed by atoms with E-state index in [2.05, 4.69) is 26.0 Å². The highest BCUT2D eigenvalue weighted by molar-refractivity contribution is 7.45. The number of esters is 1. The van der Waals surface area contributed by atoms with E-state index < -0.39 is 32.1 Å². The lowest BCUT2D eigenvalue weighted by Gasteiger charge is -2.28. The first-order chi connectivity index (χ1) is 27.8. The number of unbranched alkanes of at least 4 members (excludes halogenated alkanes) is 16. The lowest BCUT2D eigenvalue weighted by molar-refractivity contribution is -0.870. The van der Waals surface area contributed by atoms with Crippen LogP contribution in [0.1, 0.15) is 168 Å². The number of hydrogen-bond donors (Lipinski definition) is 2. The highest BCUT2D eigenvalue weighted by Gasteiger charge is 2.39. The Morgan fingerprint density at radius 2 is 1.41 bits per heavy atom. The van der Waals surface area contributed by atoms with Crippen LogP contribution in [0.5, 0.6) is 0 Å². The lowest BCUT2D eigenvalue weighted by Crippen LogP contribution is -2.37. The van der Waals surface area contributed by atoms with Crippen LogP contribution >= 0.6 is 7.82 Å². The minimum atomic E-state index is -4.58. The first-order valence-corrected chi connectivity index (χ1v) is 24.3. The zero-order valence-electron chi connectivity index (χ0n) is 37.2. The molecule has 1 unspecified atom stereocenters. The first-order valence-electron chi connectivity index (χ1n) is 22.9. The fourth-order valence-corrected chi connectivity index (χ4v) is 7.68. The van der Waals surface area contributed by atoms with E-state index >= 15 is 0 Å². The number of ether oxygens (including phenoxy) is 2. The van der Waals surface area contributed by atoms with E-state index in [-0.39, 0.29) is 50.3 Å². The molecular formula is C46H84NO10P. The van der Waals surface area contributed by atoms with Gasteiger partial charge in [0, 0.05) is 24.7 Å². The van der Waals surface area contributed by atoms with Crippen molar-refractivity contribution < 1.29 is 52.3 Å². The topological polar surface area (TPSA) is 152 Å². The molecule has 58 heavy (non-hydrogen) atoms. The zero-order valence-corrected chi connectivity index (χ0v) is 38.1. The molecule has 1 fully saturated rings. The number of Topliss-reactive ketones (excluding diaryl/α,β-unsaturated/α-hetero) is 1. The van der Waals surface area contributed by atoms with Gasteiger partial charge >= 0.3 is 5.97 Å². The Morgan fingerprint density at radius 1 is 0.828 bits per heavy atom. The Bertz CT molecular complexity index is 1190. The summed E-state index contributed by atoms with van der Waals surface area (Å²) in [6, 6.07) is 0. The van der Waals surface area contributed by atoms with Gasteiger partial charge in [-0.15, -0.1) is 0 Å². The van der Waals surface area contributed by atoms with E-state index in [4.69, 9.17) is 18.5 Å². The number of carbonyl (C=O) groups is 2. The summed E-state index contributed by atoms with van der Waals surface area (Å²) in [5.41, 5.74) is 0. The largest absolute Gasteiger partial charge is 0.756 e. The van der Waals surface area contributed by atoms with Crippen LogP contribution in [-0.4, -0.2) is 92.3 Å². The van der Waals surface area contributed by atoms with Crippen molar-refractivity contribution in [3.63, 3.8) is 0 Å². The van der Waals surface area contributed by atoms with Gasteiger partial charge in [0.1, 0.15) is 25.5 Å². The molecule has 338 valence electrons. The molecule has 0 radical (unpaired) electrons. The Balaban J connectivity index is 2.43. The maximum atomic E-state index is 12.6. The zero-order chi connectivity index (χ0) is 42.9. The smallest absolute Gasteiger partial charge is 0.305 e. The molecule has 2 N–H and O–H groups in total. The van der Waals surface area contributed by atoms with Gasteiger partial charge in [0.25, 0.3) is 7.82 Å². The van der Waals surface area contributed by atoms with Crippen molar-refractivity contribution in [2.45, 2.75) is 186 Å². The van der Waals surface area contributed by atoms with Crippen molar-refractivity contribution in [1.82, 2.24) is 0 Å². The van der Waals surface area contributed by atoms with E-state index in [0.717, 1.165) is 57.8 Å². The van der Waals surface area contributed by atoms with Gasteiger partial charge in [0.05, 0.1) is 46.2 Å². The molecule has 0 aliphatic heterocycles. The minimum absolute atomic E-state index is 0.0131. The molecule has 0 spiro atoms. The van der Waals surface area contributed by atoms with Crippen LogP contribution in [0, 0.1) is 11.8 Å². The molecule has 0 aromatic carbocycles. The quantitative estimate of drug-likeness (QED) is 0.0154. The van der Waals surface area contributed by atoms with Crippen LogP contribution in [0.15, 0.2) is 36.6 Å². The number of likely N-dealkylation sites (N-methyl/N-ethyl adjacent to an activating group) is 1. The highest BCUT2D eigenvalue weighted by atomic mass is 31.2. The fraction of sp³-hybridized carbons (Fsp3) is 0.826. The summed E-state index contributed by atoms with van der Waals surface area (Å²) in [5, 5.41) is 20.7. The fourth-order valence-electron chi connectivity index (χ4n) is 6.95. The number of ketones is 1. The van der Waals surface area contributed by atoms with Crippen LogP contribution in [0.3, 0.4) is 0 Å². The third kappa shape index (κ3) is 30.2. The maximum absolute atomic E-state index is 12.6. The van der Waals surface area contributed by atoms with Crippen molar-refractivity contribution in [3.05, 3.63) is 36.6 Å². The molecule has 11 nitrogen and oxygen atoms in total. The summed E-state index contributed by atoms with van der Waals surface area (Å²) in [5.74, 6) is -0.863. The molecule has 1 aliphatic rings. The van der Waals surface area contributed by atoms with Gasteiger partial charge in [-0.05, 0) is 63.9 Å². The second-order valence-electron chi connectivity index (χ2n) is 17.2. The van der Waals surface area contributed by atoms with Gasteiger partial charge in [-0.1, -0.05) is 122 Å². The van der Waals surface area contributed by atoms with E-state index in [1.807, 2.05) is 33.3 Å². The summed E-state index contributed by atoms with van der Waals surface area (Å²) in [6.07, 6.45) is 32.9. The standard InChI is InChI=1S/C46H84NO10P/c1-6-8-10-11-12-13-14-15-16-17-18-19-20-21-24-28-35-54-41(39-57-58(52,53)56-36-34-47(3,4)5)38-55-46(51)31-27-23-22-26-30-42-43(45(50)37-44(42)49)33-32-40(48)29-25-9-7-2/h13-14,28,32-33,35,40-43,45,48,50H,6-12,15-27,29-31,34,36-39H2,1-5H3/b14-13-,33-32+,35-28+/t40-,41+,42+,43+,45+/m0/s1. The summed E-state index contributed by atoms with van der Waals surface area (Å²) in [7, 11) is 1.22. The first kappa shape index (κ1) is 54.2. The number of aliphatic hydroxyl groups is 2. The molecule has 0 heterocycles. The normalized spacial score (nSPS) is 19.7. The molecule has 0 aromatic rings. The van der Waals surface area contributed by atoms with E-state index in [1.165, 1.54) is 70.5 Å². The number of nitrogens with zero attached hydrogens (tertiary/aromatic N) is 1. The summed E-state index contributed by atoms with van der Waals surface area (Å²) in [6.45, 7) is 4.32. The van der Waals surface area contributed by atoms with Crippen molar-refractivity contribution >= 4 is 19.6 Å². The minimum Gasteiger partial charge on any atom is -0.756 e. The summed E-state index contributed by atoms with van der Waals surface area (Å²) >= 11 is 0. The molecule has 1 aliphatic carbocycles. The van der Waals surface area contributed by atoms with E-state index in [1.54, 1.807) is 6.08 Å². The van der Waals surface area contributed by atoms with Crippen LogP contribution in [-0.2, 0) is 32.7 Å². The number of phosphoric ester groups is 1. The number of aliphatic hydroxyl groups excluding tert-OH is 2. The third-order valence-electron chi connectivity index (χ3n) is 10.6. The Hall–Kier alpha value is -1.85. The molecule has 1 saturated carbocycles. The SMILES string of the molecule is CCCCCC/C=C\CCCCCCCC/C=C/O[C@H](COC(=O)CCCCCC[C@H]1C(=O)C[C@@H](O)[C@@H]1/C=C/[C@@H](O)CCCCC)COP(=O)([O-])OCC[N+](C)(C)C. The van der Waals surface area contributed by atoms with Crippen LogP contribution in [0.4, 0.5) is 0 Å². The number of hydrogen-bond acceptors (Lipinski definition) is 10. The molecule has 0 saturated heterocycles. The van der Waals surface area contributed by atoms with Gasteiger partial charge in [-0.3, -0.25) is 14.2 Å². The van der Waals surface area contributed by atoms with Crippen molar-refractivity contribution in [3.8, 4) is 0 Å². The Morgan fingerprint density at radius 3 is 2.07 bits per heavy atom. The van der Waals surface area contributed by atoms with Gasteiger partial charge in [-0.2, -0.15) is 0 Å².